The minimum atomic E-state index is 0. The van der Waals surface area contributed by atoms with E-state index >= 15 is 0 Å². The van der Waals surface area contributed by atoms with Gasteiger partial charge >= 0.3 is 0 Å². The van der Waals surface area contributed by atoms with Crippen LogP contribution in [0.25, 0.3) is 0 Å². The highest BCUT2D eigenvalue weighted by molar-refractivity contribution is 7.59. The van der Waals surface area contributed by atoms with Crippen LogP contribution in [0.1, 0.15) is 6.42 Å². The van der Waals surface area contributed by atoms with Crippen molar-refractivity contribution in [2.45, 2.75) is 6.42 Å². The lowest BCUT2D eigenvalue weighted by Gasteiger charge is -1.69. The van der Waals surface area contributed by atoms with Crippen LogP contribution in [0.3, 0.4) is 0 Å². The van der Waals surface area contributed by atoms with Crippen molar-refractivity contribution >= 4 is 13.5 Å². The van der Waals surface area contributed by atoms with Crippen LogP contribution >= 0.6 is 13.5 Å². The fraction of sp³-hybridized carbons (Fsp3) is 0.143. The lowest BCUT2D eigenvalue weighted by molar-refractivity contribution is 1.41. The fourth-order valence-corrected chi connectivity index (χ4v) is 0.521. The molecule has 0 radical (unpaired) electrons. The molecule has 0 amide bonds. The zero-order chi connectivity index (χ0) is 4.95. The van der Waals surface area contributed by atoms with E-state index in [0.717, 1.165) is 6.42 Å². The van der Waals surface area contributed by atoms with E-state index in [4.69, 9.17) is 0 Å². The zero-order valence-corrected chi connectivity index (χ0v) is 5.67. The van der Waals surface area contributed by atoms with Crippen LogP contribution in [0.5, 0.6) is 0 Å². The van der Waals surface area contributed by atoms with Gasteiger partial charge in [-0.1, -0.05) is 36.5 Å². The van der Waals surface area contributed by atoms with E-state index in [1.165, 1.54) is 0 Å². The summed E-state index contributed by atoms with van der Waals surface area (Å²) in [6.07, 6.45) is 13.5. The molecule has 44 valence electrons. The Labute approximate surface area is 57.0 Å². The Morgan fingerprint density at radius 3 is 1.75 bits per heavy atom. The molecule has 0 aromatic carbocycles. The van der Waals surface area contributed by atoms with Gasteiger partial charge in [-0.15, -0.1) is 0 Å². The molecule has 0 aromatic rings. The molecule has 0 saturated heterocycles. The maximum atomic E-state index is 2.12. The van der Waals surface area contributed by atoms with Gasteiger partial charge in [-0.3, -0.25) is 0 Å². The summed E-state index contributed by atoms with van der Waals surface area (Å²) in [4.78, 5) is 0. The van der Waals surface area contributed by atoms with Gasteiger partial charge in [-0.05, 0) is 6.42 Å². The molecule has 0 spiro atoms. The van der Waals surface area contributed by atoms with Gasteiger partial charge in [-0.25, -0.2) is 0 Å². The summed E-state index contributed by atoms with van der Waals surface area (Å²) in [7, 11) is 0. The van der Waals surface area contributed by atoms with Crippen molar-refractivity contribution in [2.75, 3.05) is 0 Å². The smallest absolute Gasteiger partial charge is 0.0163 e. The molecular weight excluding hydrogens is 116 g/mol. The third-order valence-corrected chi connectivity index (χ3v) is 0.878. The van der Waals surface area contributed by atoms with Gasteiger partial charge in [-0.2, -0.15) is 13.5 Å². The van der Waals surface area contributed by atoms with Crippen LogP contribution < -0.4 is 0 Å². The van der Waals surface area contributed by atoms with Crippen LogP contribution in [0.15, 0.2) is 36.5 Å². The van der Waals surface area contributed by atoms with Gasteiger partial charge in [0.25, 0.3) is 0 Å². The van der Waals surface area contributed by atoms with Crippen LogP contribution in [-0.4, -0.2) is 0 Å². The summed E-state index contributed by atoms with van der Waals surface area (Å²) in [5.41, 5.74) is 0. The van der Waals surface area contributed by atoms with E-state index < -0.39 is 0 Å². The van der Waals surface area contributed by atoms with Crippen LogP contribution in [0, 0.1) is 0 Å². The van der Waals surface area contributed by atoms with Crippen LogP contribution in [-0.2, 0) is 0 Å². The summed E-state index contributed by atoms with van der Waals surface area (Å²) in [6.45, 7) is 0. The van der Waals surface area contributed by atoms with E-state index in [0.29, 0.717) is 0 Å². The maximum absolute atomic E-state index is 2.12. The van der Waals surface area contributed by atoms with E-state index in [9.17, 15) is 0 Å². The van der Waals surface area contributed by atoms with Crippen LogP contribution in [0.4, 0.5) is 0 Å². The fourth-order valence-electron chi connectivity index (χ4n) is 0.521. The minimum Gasteiger partial charge on any atom is -0.197 e. The second-order valence-electron chi connectivity index (χ2n) is 1.48. The number of hydrogen-bond acceptors (Lipinski definition) is 0. The van der Waals surface area contributed by atoms with E-state index in [1.54, 1.807) is 0 Å². The van der Waals surface area contributed by atoms with Gasteiger partial charge in [0.15, 0.2) is 0 Å². The first-order valence-electron chi connectivity index (χ1n) is 2.48. The quantitative estimate of drug-likeness (QED) is 0.466. The molecule has 1 rings (SSSR count). The molecule has 0 atom stereocenters. The molecule has 0 bridgehead atoms. The predicted octanol–water partition coefficient (Wildman–Crippen LogP) is 2.17. The van der Waals surface area contributed by atoms with Crippen molar-refractivity contribution in [1.29, 1.82) is 0 Å². The Balaban J connectivity index is 0.000000490. The molecule has 0 aliphatic heterocycles. The summed E-state index contributed by atoms with van der Waals surface area (Å²) in [6, 6.07) is 0. The molecule has 8 heavy (non-hydrogen) atoms. The number of rotatable bonds is 0. The molecule has 0 heterocycles. The highest BCUT2D eigenvalue weighted by atomic mass is 32.1. The van der Waals surface area contributed by atoms with Gasteiger partial charge in [0.05, 0.1) is 0 Å². The van der Waals surface area contributed by atoms with Crippen LogP contribution in [0.2, 0.25) is 0 Å². The highest BCUT2D eigenvalue weighted by Gasteiger charge is 1.70. The van der Waals surface area contributed by atoms with Gasteiger partial charge in [0.2, 0.25) is 0 Å². The first-order chi connectivity index (χ1) is 3.50. The third-order valence-electron chi connectivity index (χ3n) is 0.878. The molecule has 1 heteroatoms. The standard InChI is InChI=1S/C7H8.H2S/c1-2-4-6-7-5-3-1;/h1-6H,7H2;1H2. The lowest BCUT2D eigenvalue weighted by atomic mass is 10.4. The van der Waals surface area contributed by atoms with Crippen molar-refractivity contribution in [3.8, 4) is 0 Å². The van der Waals surface area contributed by atoms with Crippen molar-refractivity contribution in [3.63, 3.8) is 0 Å². The number of hydrogen-bond donors (Lipinski definition) is 0. The molecule has 0 nitrogen and oxygen atoms in total. The Bertz CT molecular complexity index is 106. The second-order valence-corrected chi connectivity index (χ2v) is 1.48. The molecule has 1 aliphatic carbocycles. The SMILES string of the molecule is C1=CC=CCC=C1.S. The summed E-state index contributed by atoms with van der Waals surface area (Å²) >= 11 is 0. The molecule has 0 N–H and O–H groups in total. The predicted molar refractivity (Wildman–Crippen MR) is 42.4 cm³/mol. The summed E-state index contributed by atoms with van der Waals surface area (Å²) < 4.78 is 0. The topological polar surface area (TPSA) is 0 Å². The molecule has 0 unspecified atom stereocenters. The van der Waals surface area contributed by atoms with Crippen molar-refractivity contribution in [3.05, 3.63) is 36.5 Å². The van der Waals surface area contributed by atoms with E-state index in [-0.39, 0.29) is 13.5 Å². The van der Waals surface area contributed by atoms with Gasteiger partial charge < -0.3 is 0 Å². The van der Waals surface area contributed by atoms with Crippen molar-refractivity contribution < 1.29 is 0 Å². The Kier molecular flexibility index (Phi) is 4.47. The normalized spacial score (nSPS) is 15.0. The minimum absolute atomic E-state index is 0. The molecule has 0 aromatic heterocycles. The third kappa shape index (κ3) is 2.69. The average Bonchev–Trinajstić information content (AvgIpc) is 1.90. The summed E-state index contributed by atoms with van der Waals surface area (Å²) in [5.74, 6) is 0. The largest absolute Gasteiger partial charge is 0.197 e. The maximum Gasteiger partial charge on any atom is -0.0163 e. The van der Waals surface area contributed by atoms with Crippen molar-refractivity contribution in [1.82, 2.24) is 0 Å². The average molecular weight is 126 g/mol. The molecule has 1 aliphatic rings. The Morgan fingerprint density at radius 2 is 1.25 bits per heavy atom. The monoisotopic (exact) mass is 126 g/mol. The first kappa shape index (κ1) is 7.57. The van der Waals surface area contributed by atoms with Gasteiger partial charge in [0, 0.05) is 0 Å². The van der Waals surface area contributed by atoms with Gasteiger partial charge in [0.1, 0.15) is 0 Å². The van der Waals surface area contributed by atoms with E-state index in [1.807, 2.05) is 12.2 Å². The van der Waals surface area contributed by atoms with Crippen molar-refractivity contribution in [2.24, 2.45) is 0 Å². The second kappa shape index (κ2) is 4.72. The highest BCUT2D eigenvalue weighted by Crippen LogP contribution is 1.91. The molecule has 0 fully saturated rings. The number of allylic oxidation sites excluding steroid dienone is 6. The first-order valence-corrected chi connectivity index (χ1v) is 2.48. The van der Waals surface area contributed by atoms with E-state index in [2.05, 4.69) is 24.3 Å². The molecule has 0 saturated carbocycles. The Hall–Kier alpha value is -0.430. The lowest BCUT2D eigenvalue weighted by Crippen LogP contribution is -1.48. The molecular formula is C7H10S. The zero-order valence-electron chi connectivity index (χ0n) is 4.67. The Morgan fingerprint density at radius 1 is 0.750 bits per heavy atom. The summed E-state index contributed by atoms with van der Waals surface area (Å²) in [5, 5.41) is 0.